The molecule has 2 aromatic heterocycles. The van der Waals surface area contributed by atoms with Gasteiger partial charge in [-0.05, 0) is 44.5 Å². The van der Waals surface area contributed by atoms with E-state index >= 15 is 0 Å². The normalized spacial score (nSPS) is 11.2. The van der Waals surface area contributed by atoms with Gasteiger partial charge in [0.1, 0.15) is 5.75 Å². The number of thioether (sulfide) groups is 1. The Labute approximate surface area is 202 Å². The number of hydrogen-bond donors (Lipinski definition) is 1. The second kappa shape index (κ2) is 11.3. The Morgan fingerprint density at radius 1 is 1.06 bits per heavy atom. The van der Waals surface area contributed by atoms with Crippen molar-refractivity contribution in [3.8, 4) is 21.5 Å². The highest BCUT2D eigenvalue weighted by Crippen LogP contribution is 2.33. The zero-order valence-corrected chi connectivity index (χ0v) is 20.6. The Morgan fingerprint density at radius 3 is 2.64 bits per heavy atom. The van der Waals surface area contributed by atoms with E-state index in [1.165, 1.54) is 23.1 Å². The second-order valence-corrected chi connectivity index (χ2v) is 9.29. The quantitative estimate of drug-likeness (QED) is 0.249. The van der Waals surface area contributed by atoms with Crippen LogP contribution in [-0.4, -0.2) is 63.4 Å². The summed E-state index contributed by atoms with van der Waals surface area (Å²) in [5.74, 6) is 1.45. The van der Waals surface area contributed by atoms with Crippen molar-refractivity contribution in [3.05, 3.63) is 60.2 Å². The van der Waals surface area contributed by atoms with Crippen molar-refractivity contribution in [1.82, 2.24) is 29.9 Å². The lowest BCUT2D eigenvalue weighted by Gasteiger charge is -2.12. The molecular formula is C23H27N7OS2. The number of nitrogens with one attached hydrogen (secondary N) is 1. The molecule has 8 nitrogen and oxygen atoms in total. The SMILES string of the molecule is CSc1nc(NCc2ccccc2)n(-c2nnc(-c3ccccc3OCCCN(C)C)s2)n1. The summed E-state index contributed by atoms with van der Waals surface area (Å²) < 4.78 is 7.77. The number of hydrogen-bond acceptors (Lipinski definition) is 9. The second-order valence-electron chi connectivity index (χ2n) is 7.56. The van der Waals surface area contributed by atoms with Gasteiger partial charge in [0.15, 0.2) is 5.01 Å². The van der Waals surface area contributed by atoms with Crippen molar-refractivity contribution in [3.63, 3.8) is 0 Å². The maximum absolute atomic E-state index is 6.05. The first-order valence-electron chi connectivity index (χ1n) is 10.6. The van der Waals surface area contributed by atoms with Gasteiger partial charge in [0.25, 0.3) is 0 Å². The van der Waals surface area contributed by atoms with Crippen LogP contribution in [0.4, 0.5) is 5.95 Å². The Balaban J connectivity index is 1.53. The standard InChI is InChI=1S/C23H27N7OS2/c1-29(2)14-9-15-31-19-13-8-7-12-18(19)20-26-27-23(33-20)30-21(25-22(28-30)32-3)24-16-17-10-5-4-6-11-17/h4-8,10-13H,9,14-16H2,1-3H3,(H,24,25,28). The molecule has 10 heteroatoms. The van der Waals surface area contributed by atoms with E-state index in [1.807, 2.05) is 48.7 Å². The molecule has 0 bridgehead atoms. The van der Waals surface area contributed by atoms with E-state index in [2.05, 4.69) is 56.7 Å². The fourth-order valence-electron chi connectivity index (χ4n) is 3.15. The summed E-state index contributed by atoms with van der Waals surface area (Å²) in [7, 11) is 4.12. The maximum Gasteiger partial charge on any atom is 0.236 e. The highest BCUT2D eigenvalue weighted by atomic mass is 32.2. The largest absolute Gasteiger partial charge is 0.493 e. The molecule has 2 heterocycles. The molecule has 0 spiro atoms. The zero-order valence-electron chi connectivity index (χ0n) is 18.9. The third-order valence-electron chi connectivity index (χ3n) is 4.78. The van der Waals surface area contributed by atoms with Gasteiger partial charge in [0.05, 0.1) is 12.2 Å². The Hall–Kier alpha value is -2.95. The molecular weight excluding hydrogens is 454 g/mol. The molecule has 172 valence electrons. The molecule has 0 saturated carbocycles. The van der Waals surface area contributed by atoms with Gasteiger partial charge in [-0.3, -0.25) is 0 Å². The maximum atomic E-state index is 6.05. The van der Waals surface area contributed by atoms with Crippen molar-refractivity contribution >= 4 is 29.0 Å². The molecule has 4 aromatic rings. The van der Waals surface area contributed by atoms with E-state index in [9.17, 15) is 0 Å². The third-order valence-corrected chi connectivity index (χ3v) is 6.25. The van der Waals surface area contributed by atoms with E-state index in [1.54, 1.807) is 4.68 Å². The molecule has 0 fully saturated rings. The molecule has 33 heavy (non-hydrogen) atoms. The average molecular weight is 482 g/mol. The predicted octanol–water partition coefficient (Wildman–Crippen LogP) is 4.45. The molecule has 0 aliphatic heterocycles. The summed E-state index contributed by atoms with van der Waals surface area (Å²) in [5, 5.41) is 18.9. The van der Waals surface area contributed by atoms with Crippen molar-refractivity contribution in [2.24, 2.45) is 0 Å². The topological polar surface area (TPSA) is 81.0 Å². The lowest BCUT2D eigenvalue weighted by atomic mass is 10.2. The van der Waals surface area contributed by atoms with Crippen molar-refractivity contribution in [1.29, 1.82) is 0 Å². The van der Waals surface area contributed by atoms with Crippen LogP contribution in [-0.2, 0) is 6.54 Å². The first-order chi connectivity index (χ1) is 16.1. The van der Waals surface area contributed by atoms with Crippen LogP contribution < -0.4 is 10.1 Å². The van der Waals surface area contributed by atoms with E-state index in [-0.39, 0.29) is 0 Å². The van der Waals surface area contributed by atoms with Crippen LogP contribution in [0.15, 0.2) is 59.8 Å². The number of anilines is 1. The van der Waals surface area contributed by atoms with Crippen molar-refractivity contribution < 1.29 is 4.74 Å². The number of para-hydroxylation sites is 1. The minimum Gasteiger partial charge on any atom is -0.493 e. The zero-order chi connectivity index (χ0) is 23.0. The minimum absolute atomic E-state index is 0.638. The van der Waals surface area contributed by atoms with Gasteiger partial charge >= 0.3 is 0 Å². The lowest BCUT2D eigenvalue weighted by molar-refractivity contribution is 0.282. The van der Waals surface area contributed by atoms with Gasteiger partial charge in [-0.25, -0.2) is 0 Å². The summed E-state index contributed by atoms with van der Waals surface area (Å²) >= 11 is 2.95. The van der Waals surface area contributed by atoms with Crippen LogP contribution in [0, 0.1) is 0 Å². The smallest absolute Gasteiger partial charge is 0.236 e. The van der Waals surface area contributed by atoms with Crippen LogP contribution in [0.1, 0.15) is 12.0 Å². The fourth-order valence-corrected chi connectivity index (χ4v) is 4.32. The Kier molecular flexibility index (Phi) is 7.92. The molecule has 1 N–H and O–H groups in total. The summed E-state index contributed by atoms with van der Waals surface area (Å²) in [6.07, 6.45) is 2.91. The first-order valence-corrected chi connectivity index (χ1v) is 12.7. The molecule has 0 aliphatic rings. The van der Waals surface area contributed by atoms with Crippen LogP contribution in [0.5, 0.6) is 5.75 Å². The number of ether oxygens (including phenoxy) is 1. The summed E-state index contributed by atoms with van der Waals surface area (Å²) in [6, 6.07) is 18.1. The Morgan fingerprint density at radius 2 is 1.85 bits per heavy atom. The molecule has 0 saturated heterocycles. The van der Waals surface area contributed by atoms with Gasteiger partial charge in [0.2, 0.25) is 16.2 Å². The van der Waals surface area contributed by atoms with Crippen LogP contribution >= 0.6 is 23.1 Å². The molecule has 0 amide bonds. The monoisotopic (exact) mass is 481 g/mol. The van der Waals surface area contributed by atoms with Gasteiger partial charge in [0, 0.05) is 13.1 Å². The highest BCUT2D eigenvalue weighted by molar-refractivity contribution is 7.98. The van der Waals surface area contributed by atoms with Crippen LogP contribution in [0.3, 0.4) is 0 Å². The minimum atomic E-state index is 0.638. The predicted molar refractivity (Wildman–Crippen MR) is 134 cm³/mol. The Bertz CT molecular complexity index is 1160. The molecule has 0 unspecified atom stereocenters. The lowest BCUT2D eigenvalue weighted by Crippen LogP contribution is -2.15. The van der Waals surface area contributed by atoms with Gasteiger partial charge in [-0.1, -0.05) is 65.6 Å². The van der Waals surface area contributed by atoms with Crippen LogP contribution in [0.2, 0.25) is 0 Å². The van der Waals surface area contributed by atoms with E-state index in [4.69, 9.17) is 4.74 Å². The third kappa shape index (κ3) is 6.10. The van der Waals surface area contributed by atoms with E-state index in [0.29, 0.717) is 29.4 Å². The fraction of sp³-hybridized carbons (Fsp3) is 0.304. The summed E-state index contributed by atoms with van der Waals surface area (Å²) in [4.78, 5) is 6.75. The van der Waals surface area contributed by atoms with E-state index in [0.717, 1.165) is 34.8 Å². The number of nitrogens with zero attached hydrogens (tertiary/aromatic N) is 6. The molecule has 2 aromatic carbocycles. The number of aromatic nitrogens is 5. The van der Waals surface area contributed by atoms with Crippen molar-refractivity contribution in [2.75, 3.05) is 38.8 Å². The van der Waals surface area contributed by atoms with E-state index < -0.39 is 0 Å². The first kappa shape index (κ1) is 23.2. The average Bonchev–Trinajstić information content (AvgIpc) is 3.48. The highest BCUT2D eigenvalue weighted by Gasteiger charge is 2.18. The van der Waals surface area contributed by atoms with Crippen molar-refractivity contribution in [2.45, 2.75) is 18.1 Å². The summed E-state index contributed by atoms with van der Waals surface area (Å²) in [6.45, 7) is 2.27. The molecule has 0 radical (unpaired) electrons. The number of benzene rings is 2. The van der Waals surface area contributed by atoms with Gasteiger partial charge < -0.3 is 15.0 Å². The molecule has 0 aliphatic carbocycles. The van der Waals surface area contributed by atoms with Gasteiger partial charge in [-0.2, -0.15) is 9.67 Å². The van der Waals surface area contributed by atoms with Gasteiger partial charge in [-0.15, -0.1) is 15.3 Å². The molecule has 4 rings (SSSR count). The molecule has 0 atom stereocenters. The summed E-state index contributed by atoms with van der Waals surface area (Å²) in [5.41, 5.74) is 2.09. The van der Waals surface area contributed by atoms with Crippen LogP contribution in [0.25, 0.3) is 15.7 Å². The number of rotatable bonds is 11.